The largest absolute Gasteiger partial charge is 0.309 e. The smallest absolute Gasteiger partial charge is 0.128 e. The maximum atomic E-state index is 14.3. The maximum absolute atomic E-state index is 14.3. The number of aryl methyl sites for hydroxylation is 2. The number of hydrogen-bond acceptors (Lipinski definition) is 1. The molecule has 0 saturated carbocycles. The molecule has 0 saturated heterocycles. The molecule has 1 nitrogen and oxygen atoms in total. The lowest BCUT2D eigenvalue weighted by molar-refractivity contribution is 0.572. The lowest BCUT2D eigenvalue weighted by Crippen LogP contribution is -2.20. The Morgan fingerprint density at radius 2 is 1.75 bits per heavy atom. The summed E-state index contributed by atoms with van der Waals surface area (Å²) in [5.41, 5.74) is 3.34. The molecule has 0 aliphatic rings. The molecule has 20 heavy (non-hydrogen) atoms. The number of halogens is 3. The normalized spacial score (nSPS) is 12.5. The van der Waals surface area contributed by atoms with Crippen LogP contribution in [0.1, 0.15) is 28.3 Å². The van der Waals surface area contributed by atoms with E-state index in [1.165, 1.54) is 0 Å². The Morgan fingerprint density at radius 3 is 2.30 bits per heavy atom. The molecule has 1 unspecified atom stereocenters. The van der Waals surface area contributed by atoms with Crippen LogP contribution in [0.4, 0.5) is 4.39 Å². The third-order valence-corrected chi connectivity index (χ3v) is 4.07. The number of nitrogens with one attached hydrogen (secondary N) is 1. The van der Waals surface area contributed by atoms with Crippen LogP contribution in [0, 0.1) is 19.7 Å². The third-order valence-electron chi connectivity index (χ3n) is 3.34. The van der Waals surface area contributed by atoms with Gasteiger partial charge in [-0.25, -0.2) is 4.39 Å². The van der Waals surface area contributed by atoms with Crippen molar-refractivity contribution in [3.63, 3.8) is 0 Å². The van der Waals surface area contributed by atoms with Crippen LogP contribution in [-0.4, -0.2) is 7.05 Å². The van der Waals surface area contributed by atoms with Gasteiger partial charge in [-0.3, -0.25) is 0 Å². The molecule has 0 bridgehead atoms. The first kappa shape index (κ1) is 15.3. The molecule has 106 valence electrons. The fourth-order valence-corrected chi connectivity index (χ4v) is 2.77. The van der Waals surface area contributed by atoms with Gasteiger partial charge in [0.15, 0.2) is 0 Å². The van der Waals surface area contributed by atoms with Crippen molar-refractivity contribution in [2.45, 2.75) is 19.9 Å². The monoisotopic (exact) mass is 311 g/mol. The van der Waals surface area contributed by atoms with Crippen molar-refractivity contribution in [2.24, 2.45) is 0 Å². The van der Waals surface area contributed by atoms with Crippen molar-refractivity contribution in [1.29, 1.82) is 0 Å². The van der Waals surface area contributed by atoms with Crippen molar-refractivity contribution < 1.29 is 4.39 Å². The van der Waals surface area contributed by atoms with Gasteiger partial charge in [0.1, 0.15) is 5.82 Å². The molecule has 0 spiro atoms. The van der Waals surface area contributed by atoms with Crippen LogP contribution in [0.2, 0.25) is 10.0 Å². The second-order valence-corrected chi connectivity index (χ2v) is 5.69. The van der Waals surface area contributed by atoms with E-state index in [9.17, 15) is 4.39 Å². The molecule has 0 aliphatic carbocycles. The van der Waals surface area contributed by atoms with E-state index in [1.807, 2.05) is 26.0 Å². The van der Waals surface area contributed by atoms with Gasteiger partial charge in [0.2, 0.25) is 0 Å². The molecule has 1 N–H and O–H groups in total. The Kier molecular flexibility index (Phi) is 4.69. The first-order valence-corrected chi connectivity index (χ1v) is 7.08. The van der Waals surface area contributed by atoms with Crippen molar-refractivity contribution >= 4 is 23.2 Å². The molecular weight excluding hydrogens is 296 g/mol. The molecule has 0 aliphatic heterocycles. The van der Waals surface area contributed by atoms with Crippen LogP contribution in [0.25, 0.3) is 0 Å². The lowest BCUT2D eigenvalue weighted by Gasteiger charge is -2.21. The van der Waals surface area contributed by atoms with Gasteiger partial charge in [0.25, 0.3) is 0 Å². The fraction of sp³-hybridized carbons (Fsp3) is 0.250. The molecule has 2 aromatic rings. The van der Waals surface area contributed by atoms with Gasteiger partial charge >= 0.3 is 0 Å². The maximum Gasteiger partial charge on any atom is 0.128 e. The van der Waals surface area contributed by atoms with Gasteiger partial charge in [-0.1, -0.05) is 35.3 Å². The Bertz CT molecular complexity index is 617. The number of hydrogen-bond donors (Lipinski definition) is 1. The molecule has 2 aromatic carbocycles. The van der Waals surface area contributed by atoms with E-state index >= 15 is 0 Å². The zero-order valence-corrected chi connectivity index (χ0v) is 13.1. The van der Waals surface area contributed by atoms with E-state index in [0.717, 1.165) is 16.7 Å². The molecule has 2 rings (SSSR count). The van der Waals surface area contributed by atoms with Gasteiger partial charge in [-0.05, 0) is 55.8 Å². The minimum atomic E-state index is -0.259. The second-order valence-electron chi connectivity index (χ2n) is 4.87. The molecule has 0 amide bonds. The number of benzene rings is 2. The predicted molar refractivity (Wildman–Crippen MR) is 83.2 cm³/mol. The molecule has 1 atom stereocenters. The van der Waals surface area contributed by atoms with E-state index in [4.69, 9.17) is 23.2 Å². The SMILES string of the molecule is CNC(c1ccc(Cl)c(Cl)c1)c1c(C)cc(C)cc1F. The molecule has 4 heteroatoms. The molecule has 0 heterocycles. The average Bonchev–Trinajstić information content (AvgIpc) is 2.37. The van der Waals surface area contributed by atoms with Gasteiger partial charge in [0.05, 0.1) is 16.1 Å². The van der Waals surface area contributed by atoms with E-state index < -0.39 is 0 Å². The summed E-state index contributed by atoms with van der Waals surface area (Å²) >= 11 is 12.0. The lowest BCUT2D eigenvalue weighted by atomic mass is 9.93. The first-order chi connectivity index (χ1) is 9.43. The molecule has 0 aromatic heterocycles. The van der Waals surface area contributed by atoms with E-state index in [0.29, 0.717) is 15.6 Å². The van der Waals surface area contributed by atoms with Gasteiger partial charge in [0, 0.05) is 5.56 Å². The van der Waals surface area contributed by atoms with Gasteiger partial charge in [-0.2, -0.15) is 0 Å². The highest BCUT2D eigenvalue weighted by molar-refractivity contribution is 6.42. The van der Waals surface area contributed by atoms with Crippen LogP contribution in [0.15, 0.2) is 30.3 Å². The Labute approximate surface area is 128 Å². The second kappa shape index (κ2) is 6.13. The summed E-state index contributed by atoms with van der Waals surface area (Å²) in [5.74, 6) is -0.215. The summed E-state index contributed by atoms with van der Waals surface area (Å²) in [7, 11) is 1.80. The predicted octanol–water partition coefficient (Wildman–Crippen LogP) is 5.06. The topological polar surface area (TPSA) is 12.0 Å². The van der Waals surface area contributed by atoms with Gasteiger partial charge in [-0.15, -0.1) is 0 Å². The molecule has 0 fully saturated rings. The highest BCUT2D eigenvalue weighted by Gasteiger charge is 2.19. The Morgan fingerprint density at radius 1 is 1.05 bits per heavy atom. The van der Waals surface area contributed by atoms with Crippen molar-refractivity contribution in [3.8, 4) is 0 Å². The summed E-state index contributed by atoms with van der Waals surface area (Å²) in [4.78, 5) is 0. The zero-order valence-electron chi connectivity index (χ0n) is 11.6. The summed E-state index contributed by atoms with van der Waals surface area (Å²) in [6, 6.07) is 8.61. The minimum absolute atomic E-state index is 0.215. The minimum Gasteiger partial charge on any atom is -0.309 e. The van der Waals surface area contributed by atoms with Crippen LogP contribution in [0.5, 0.6) is 0 Å². The molecular formula is C16H16Cl2FN. The van der Waals surface area contributed by atoms with E-state index in [2.05, 4.69) is 5.32 Å². The summed E-state index contributed by atoms with van der Waals surface area (Å²) < 4.78 is 14.3. The fourth-order valence-electron chi connectivity index (χ4n) is 2.46. The van der Waals surface area contributed by atoms with Crippen LogP contribution in [0.3, 0.4) is 0 Å². The van der Waals surface area contributed by atoms with Crippen molar-refractivity contribution in [1.82, 2.24) is 5.32 Å². The Balaban J connectivity index is 2.55. The van der Waals surface area contributed by atoms with Crippen LogP contribution < -0.4 is 5.32 Å². The summed E-state index contributed by atoms with van der Waals surface area (Å²) in [5, 5.41) is 4.10. The van der Waals surface area contributed by atoms with Gasteiger partial charge < -0.3 is 5.32 Å². The zero-order chi connectivity index (χ0) is 14.9. The highest BCUT2D eigenvalue weighted by atomic mass is 35.5. The van der Waals surface area contributed by atoms with Crippen LogP contribution in [-0.2, 0) is 0 Å². The van der Waals surface area contributed by atoms with E-state index in [-0.39, 0.29) is 11.9 Å². The summed E-state index contributed by atoms with van der Waals surface area (Å²) in [6.07, 6.45) is 0. The van der Waals surface area contributed by atoms with Crippen LogP contribution >= 0.6 is 23.2 Å². The van der Waals surface area contributed by atoms with E-state index in [1.54, 1.807) is 25.2 Å². The number of rotatable bonds is 3. The Hall–Kier alpha value is -1.09. The van der Waals surface area contributed by atoms with Crippen molar-refractivity contribution in [2.75, 3.05) is 7.05 Å². The van der Waals surface area contributed by atoms with Crippen molar-refractivity contribution in [3.05, 3.63) is 68.4 Å². The highest BCUT2D eigenvalue weighted by Crippen LogP contribution is 2.31. The summed E-state index contributed by atoms with van der Waals surface area (Å²) in [6.45, 7) is 3.79. The third kappa shape index (κ3) is 2.98. The quantitative estimate of drug-likeness (QED) is 0.835. The standard InChI is InChI=1S/C16H16Cl2FN/c1-9-6-10(2)15(14(19)7-9)16(20-3)11-4-5-12(17)13(18)8-11/h4-8,16,20H,1-3H3. The molecule has 0 radical (unpaired) electrons. The average molecular weight is 312 g/mol. The first-order valence-electron chi connectivity index (χ1n) is 6.33.